The molecule has 0 aromatic heterocycles. The molecule has 238 valence electrons. The zero-order valence-corrected chi connectivity index (χ0v) is 23.9. The molecule has 8 nitrogen and oxygen atoms in total. The van der Waals surface area contributed by atoms with Gasteiger partial charge in [-0.05, 0) is 87.2 Å². The largest absolute Gasteiger partial charge is 0.490 e. The molecule has 2 fully saturated rings. The Morgan fingerprint density at radius 1 is 0.884 bits per heavy atom. The van der Waals surface area contributed by atoms with Gasteiger partial charge in [-0.25, -0.2) is 17.9 Å². The average molecular weight is 638 g/mol. The molecule has 0 bridgehead atoms. The van der Waals surface area contributed by atoms with Crippen molar-refractivity contribution < 1.29 is 49.5 Å². The number of amides is 1. The van der Waals surface area contributed by atoms with Gasteiger partial charge < -0.3 is 15.3 Å². The highest BCUT2D eigenvalue weighted by Gasteiger charge is 2.38. The number of sulfonamides is 1. The number of carbonyl (C=O) groups excluding carboxylic acids is 1. The summed E-state index contributed by atoms with van der Waals surface area (Å²) in [4.78, 5) is 23.9. The Bertz CT molecular complexity index is 1340. The molecular weight excluding hydrogens is 604 g/mol. The fraction of sp³-hybridized carbons (Fsp3) is 0.500. The van der Waals surface area contributed by atoms with Crippen LogP contribution in [0, 0.1) is 5.92 Å². The van der Waals surface area contributed by atoms with E-state index >= 15 is 0 Å². The smallest absolute Gasteiger partial charge is 0.475 e. The highest BCUT2D eigenvalue weighted by Crippen LogP contribution is 2.30. The van der Waals surface area contributed by atoms with Gasteiger partial charge in [0.15, 0.2) is 0 Å². The van der Waals surface area contributed by atoms with E-state index in [0.717, 1.165) is 62.7 Å². The number of hydrogen-bond acceptors (Lipinski definition) is 5. The summed E-state index contributed by atoms with van der Waals surface area (Å²) in [6.45, 7) is 2.81. The molecule has 2 aromatic carbocycles. The minimum atomic E-state index is -5.08. The minimum absolute atomic E-state index is 0.0211. The molecule has 0 radical (unpaired) electrons. The molecule has 0 spiro atoms. The Morgan fingerprint density at radius 2 is 1.47 bits per heavy atom. The average Bonchev–Trinajstić information content (AvgIpc) is 2.94. The van der Waals surface area contributed by atoms with Gasteiger partial charge >= 0.3 is 18.3 Å². The van der Waals surface area contributed by atoms with E-state index in [0.29, 0.717) is 0 Å². The summed E-state index contributed by atoms with van der Waals surface area (Å²) in [7, 11) is -3.83. The molecule has 1 heterocycles. The van der Waals surface area contributed by atoms with Crippen LogP contribution in [0.5, 0.6) is 0 Å². The van der Waals surface area contributed by atoms with Crippen molar-refractivity contribution >= 4 is 27.6 Å². The predicted molar refractivity (Wildman–Crippen MR) is 146 cm³/mol. The lowest BCUT2D eigenvalue weighted by Crippen LogP contribution is -2.45. The van der Waals surface area contributed by atoms with Crippen molar-refractivity contribution in [2.45, 2.75) is 68.2 Å². The Balaban J connectivity index is 0.000000646. The molecule has 43 heavy (non-hydrogen) atoms. The molecule has 3 N–H and O–H groups in total. The number of likely N-dealkylation sites (tertiary alicyclic amines) is 1. The second-order valence-electron chi connectivity index (χ2n) is 10.6. The predicted octanol–water partition coefficient (Wildman–Crippen LogP) is 5.91. The Labute approximate surface area is 245 Å². The van der Waals surface area contributed by atoms with E-state index in [4.69, 9.17) is 9.90 Å². The second kappa shape index (κ2) is 14.5. The molecule has 2 aromatic rings. The summed E-state index contributed by atoms with van der Waals surface area (Å²) in [6, 6.07) is 9.54. The van der Waals surface area contributed by atoms with Crippen LogP contribution in [0.4, 0.5) is 32.0 Å². The van der Waals surface area contributed by atoms with Gasteiger partial charge in [-0.1, -0.05) is 25.3 Å². The number of carboxylic acids is 1. The fourth-order valence-corrected chi connectivity index (χ4v) is 6.36. The van der Waals surface area contributed by atoms with E-state index in [1.165, 1.54) is 56.4 Å². The maximum Gasteiger partial charge on any atom is 0.490 e. The van der Waals surface area contributed by atoms with Crippen molar-refractivity contribution in [3.63, 3.8) is 0 Å². The summed E-state index contributed by atoms with van der Waals surface area (Å²) >= 11 is 0. The van der Waals surface area contributed by atoms with Crippen LogP contribution in [-0.2, 0) is 21.0 Å². The van der Waals surface area contributed by atoms with Crippen LogP contribution in [0.1, 0.15) is 60.9 Å². The van der Waals surface area contributed by atoms with Gasteiger partial charge in [-0.15, -0.1) is 0 Å². The highest BCUT2D eigenvalue weighted by atomic mass is 32.2. The molecule has 1 amide bonds. The first-order valence-corrected chi connectivity index (χ1v) is 15.2. The van der Waals surface area contributed by atoms with E-state index < -0.39 is 39.8 Å². The summed E-state index contributed by atoms with van der Waals surface area (Å²) in [5, 5.41) is 9.63. The van der Waals surface area contributed by atoms with Crippen LogP contribution < -0.4 is 10.0 Å². The number of aliphatic carboxylic acids is 1. The van der Waals surface area contributed by atoms with E-state index in [2.05, 4.69) is 14.9 Å². The molecule has 1 aliphatic carbocycles. The monoisotopic (exact) mass is 637 g/mol. The Morgan fingerprint density at radius 3 is 2.00 bits per heavy atom. The van der Waals surface area contributed by atoms with Crippen LogP contribution >= 0.6 is 0 Å². The van der Waals surface area contributed by atoms with Crippen LogP contribution in [-0.4, -0.2) is 62.2 Å². The van der Waals surface area contributed by atoms with Gasteiger partial charge in [0.25, 0.3) is 5.91 Å². The van der Waals surface area contributed by atoms with Crippen molar-refractivity contribution in [3.8, 4) is 0 Å². The van der Waals surface area contributed by atoms with Crippen LogP contribution in [0.25, 0.3) is 0 Å². The van der Waals surface area contributed by atoms with Gasteiger partial charge in [0.2, 0.25) is 10.0 Å². The quantitative estimate of drug-likeness (QED) is 0.325. The Hall–Kier alpha value is -3.17. The topological polar surface area (TPSA) is 116 Å². The number of carbonyl (C=O) groups is 2. The highest BCUT2D eigenvalue weighted by molar-refractivity contribution is 7.89. The Kier molecular flexibility index (Phi) is 11.6. The SMILES string of the molecule is O=C(Nc1ccc(C(F)(F)F)cc1)c1cccc(S(=O)(=O)NC2CCN(CC3CCCCC3)CC2)c1.O=C(O)C(F)(F)F. The summed E-state index contributed by atoms with van der Waals surface area (Å²) in [5.74, 6) is -2.61. The first kappa shape index (κ1) is 34.3. The number of benzene rings is 2. The lowest BCUT2D eigenvalue weighted by Gasteiger charge is -2.35. The number of carboxylic acid groups (broad SMARTS) is 1. The first-order valence-electron chi connectivity index (χ1n) is 13.7. The third-order valence-electron chi connectivity index (χ3n) is 7.27. The van der Waals surface area contributed by atoms with Gasteiger partial charge in [-0.3, -0.25) is 4.79 Å². The summed E-state index contributed by atoms with van der Waals surface area (Å²) < 4.78 is 98.7. The third-order valence-corrected chi connectivity index (χ3v) is 8.79. The lowest BCUT2D eigenvalue weighted by molar-refractivity contribution is -0.192. The molecule has 15 heteroatoms. The number of rotatable bonds is 7. The maximum atomic E-state index is 13.0. The van der Waals surface area contributed by atoms with Crippen LogP contribution in [0.3, 0.4) is 0 Å². The second-order valence-corrected chi connectivity index (χ2v) is 12.3. The van der Waals surface area contributed by atoms with Crippen molar-refractivity contribution in [2.24, 2.45) is 5.92 Å². The zero-order valence-electron chi connectivity index (χ0n) is 23.0. The number of nitrogens with zero attached hydrogens (tertiary/aromatic N) is 1. The van der Waals surface area contributed by atoms with Crippen LogP contribution in [0.15, 0.2) is 53.4 Å². The molecule has 2 aliphatic rings. The lowest BCUT2D eigenvalue weighted by atomic mass is 9.88. The standard InChI is InChI=1S/C26H32F3N3O3S.C2HF3O2/c27-26(28,29)21-9-11-22(12-10-21)30-25(33)20-7-4-8-24(17-20)36(34,35)31-23-13-15-32(16-14-23)18-19-5-2-1-3-6-19;3-2(4,5)1(6)7/h4,7-12,17,19,23,31H,1-3,5-6,13-16,18H2,(H,30,33);(H,6,7). The molecule has 4 rings (SSSR count). The van der Waals surface area contributed by atoms with Crippen molar-refractivity contribution in [1.82, 2.24) is 9.62 Å². The normalized spacial score (nSPS) is 17.5. The molecule has 1 saturated carbocycles. The maximum absolute atomic E-state index is 13.0. The number of halogens is 6. The van der Waals surface area contributed by atoms with E-state index in [-0.39, 0.29) is 22.2 Å². The number of piperidine rings is 1. The number of hydrogen-bond donors (Lipinski definition) is 3. The molecular formula is C28H33F6N3O5S. The minimum Gasteiger partial charge on any atom is -0.475 e. The van der Waals surface area contributed by atoms with Crippen molar-refractivity contribution in [3.05, 3.63) is 59.7 Å². The van der Waals surface area contributed by atoms with E-state index in [1.807, 2.05) is 0 Å². The van der Waals surface area contributed by atoms with Crippen LogP contribution in [0.2, 0.25) is 0 Å². The zero-order chi connectivity index (χ0) is 31.8. The van der Waals surface area contributed by atoms with Crippen molar-refractivity contribution in [1.29, 1.82) is 0 Å². The third kappa shape index (κ3) is 10.8. The number of nitrogens with one attached hydrogen (secondary N) is 2. The van der Waals surface area contributed by atoms with Gasteiger partial charge in [0.05, 0.1) is 10.5 Å². The summed E-state index contributed by atoms with van der Waals surface area (Å²) in [6.07, 6.45) is -1.56. The van der Waals surface area contributed by atoms with E-state index in [1.54, 1.807) is 0 Å². The van der Waals surface area contributed by atoms with Gasteiger partial charge in [0, 0.05) is 23.8 Å². The first-order chi connectivity index (χ1) is 20.0. The molecule has 0 unspecified atom stereocenters. The van der Waals surface area contributed by atoms with Crippen molar-refractivity contribution in [2.75, 3.05) is 25.0 Å². The van der Waals surface area contributed by atoms with Gasteiger partial charge in [-0.2, -0.15) is 26.3 Å². The van der Waals surface area contributed by atoms with E-state index in [9.17, 15) is 39.6 Å². The molecule has 1 aliphatic heterocycles. The fourth-order valence-electron chi connectivity index (χ4n) is 5.01. The molecule has 0 atom stereocenters. The molecule has 1 saturated heterocycles. The number of anilines is 1. The number of alkyl halides is 6. The van der Waals surface area contributed by atoms with Gasteiger partial charge in [0.1, 0.15) is 0 Å². The summed E-state index contributed by atoms with van der Waals surface area (Å²) in [5.41, 5.74) is -0.543.